The number of nitrogens with zero attached hydrogens (tertiary/aromatic N) is 3. The van der Waals surface area contributed by atoms with Crippen LogP contribution in [0, 0.1) is 18.6 Å². The Bertz CT molecular complexity index is 3160. The summed E-state index contributed by atoms with van der Waals surface area (Å²) in [6, 6.07) is -19.0. The number of benzene rings is 4. The Balaban J connectivity index is 1.59. The molecule has 1 aliphatic heterocycles. The van der Waals surface area contributed by atoms with Gasteiger partial charge in [-0.3, -0.25) is 9.59 Å². The van der Waals surface area contributed by atoms with Crippen molar-refractivity contribution >= 4 is 28.6 Å². The molecule has 1 amide bonds. The van der Waals surface area contributed by atoms with Crippen LogP contribution >= 0.6 is 11.8 Å². The fraction of sp³-hybridized carbons (Fsp3) is 0.317. The molecule has 5 aromatic rings. The van der Waals surface area contributed by atoms with Gasteiger partial charge in [-0.15, -0.1) is 11.8 Å². The molecule has 0 spiro atoms. The second-order valence-corrected chi connectivity index (χ2v) is 12.2. The molecule has 0 atom stereocenters. The lowest BCUT2D eigenvalue weighted by Crippen LogP contribution is -2.48. The first-order chi connectivity index (χ1) is 33.9. The summed E-state index contributed by atoms with van der Waals surface area (Å²) < 4.78 is 256. The molecule has 0 unspecified atom stereocenters. The summed E-state index contributed by atoms with van der Waals surface area (Å²) in [7, 11) is 0.914. The van der Waals surface area contributed by atoms with E-state index in [1.807, 2.05) is 0 Å². The highest BCUT2D eigenvalue weighted by Crippen LogP contribution is 2.32. The summed E-state index contributed by atoms with van der Waals surface area (Å²) in [4.78, 5) is 31.1. The van der Waals surface area contributed by atoms with Crippen LogP contribution in [-0.4, -0.2) is 59.6 Å². The number of likely N-dealkylation sites (tertiary alicyclic amines) is 1. The van der Waals surface area contributed by atoms with Gasteiger partial charge >= 0.3 is 6.18 Å². The van der Waals surface area contributed by atoms with Gasteiger partial charge in [-0.25, -0.2) is 8.78 Å². The van der Waals surface area contributed by atoms with Gasteiger partial charge in [0.25, 0.3) is 0 Å². The first kappa shape index (κ1) is 19.7. The van der Waals surface area contributed by atoms with Crippen molar-refractivity contribution in [3.05, 3.63) is 135 Å². The molecule has 4 aromatic carbocycles. The Morgan fingerprint density at radius 3 is 2.32 bits per heavy atom. The Morgan fingerprint density at radius 1 is 0.981 bits per heavy atom. The molecule has 278 valence electrons. The molecule has 0 saturated carbocycles. The van der Waals surface area contributed by atoms with Gasteiger partial charge in [-0.2, -0.15) is 13.2 Å². The van der Waals surface area contributed by atoms with E-state index in [-0.39, 0.29) is 43.3 Å². The fourth-order valence-electron chi connectivity index (χ4n) is 5.30. The third kappa shape index (κ3) is 9.17. The minimum Gasteiger partial charge on any atom is -0.383 e. The van der Waals surface area contributed by atoms with E-state index in [9.17, 15) is 22.4 Å². The van der Waals surface area contributed by atoms with Crippen LogP contribution < -0.4 is 5.43 Å². The predicted octanol–water partition coefficient (Wildman–Crippen LogP) is 8.71. The van der Waals surface area contributed by atoms with Crippen molar-refractivity contribution in [1.29, 1.82) is 0 Å². The molecule has 0 N–H and O–H groups in total. The van der Waals surface area contributed by atoms with Crippen molar-refractivity contribution in [3.63, 3.8) is 0 Å². The molecule has 0 aliphatic carbocycles. The van der Waals surface area contributed by atoms with Gasteiger partial charge in [0.05, 0.1) is 46.0 Å². The monoisotopic (exact) mass is 770 g/mol. The standard InChI is InChI=1S/C41H40F5N3O3S/c1-27-6-15-36-34(22-27)37(50)23-39(53-26-31-4-3-5-35(42)40(31)43)49(36)25-38(51)48(33-16-18-47(19-17-33)20-21-52-2)24-28-7-9-29(10-8-28)30-11-13-32(14-12-30)41(44,45)46/h3-15,22-23,33H,16-21,24-26H2,1-2H3/i3D,4D,5D,6D,7D,8D,9D,10D,11D,12D,13D,14D,15D,20D2,21D2,22D,23D,26D2. The molecule has 0 radical (unpaired) electrons. The number of rotatable bonds is 12. The van der Waals surface area contributed by atoms with Crippen molar-refractivity contribution in [2.45, 2.75) is 55.8 Å². The normalized spacial score (nSPS) is 20.6. The molecule has 1 aliphatic rings. The number of hydrogen-bond acceptors (Lipinski definition) is 5. The highest BCUT2D eigenvalue weighted by molar-refractivity contribution is 7.98. The minimum atomic E-state index is -5.39. The summed E-state index contributed by atoms with van der Waals surface area (Å²) in [5.74, 6) is -5.37. The highest BCUT2D eigenvalue weighted by atomic mass is 32.2. The molecule has 53 heavy (non-hydrogen) atoms. The molecule has 6 rings (SSSR count). The molecule has 1 saturated heterocycles. The van der Waals surface area contributed by atoms with E-state index in [2.05, 4.69) is 0 Å². The third-order valence-corrected chi connectivity index (χ3v) is 8.71. The Morgan fingerprint density at radius 2 is 1.66 bits per heavy atom. The number of hydrogen-bond donors (Lipinski definition) is 0. The van der Waals surface area contributed by atoms with Crippen LogP contribution in [0.5, 0.6) is 0 Å². The Hall–Kier alpha value is -4.52. The smallest absolute Gasteiger partial charge is 0.383 e. The highest BCUT2D eigenvalue weighted by Gasteiger charge is 2.31. The molecule has 12 heteroatoms. The number of piperidine rings is 1. The summed E-state index contributed by atoms with van der Waals surface area (Å²) >= 11 is -0.291. The topological polar surface area (TPSA) is 54.8 Å². The quantitative estimate of drug-likeness (QED) is 0.0940. The number of pyridine rings is 1. The van der Waals surface area contributed by atoms with Crippen LogP contribution in [0.1, 0.15) is 63.9 Å². The number of carbonyl (C=O) groups is 1. The Labute approximate surface area is 338 Å². The van der Waals surface area contributed by atoms with Gasteiger partial charge in [-0.05, 0) is 66.7 Å². The molecule has 1 fully saturated rings. The number of alkyl halides is 3. The second kappa shape index (κ2) is 16.7. The van der Waals surface area contributed by atoms with Crippen LogP contribution in [0.25, 0.3) is 22.0 Å². The summed E-state index contributed by atoms with van der Waals surface area (Å²) in [6.45, 7) is -7.51. The summed E-state index contributed by atoms with van der Waals surface area (Å²) in [5.41, 5.74) is -12.0. The van der Waals surface area contributed by atoms with E-state index in [4.69, 9.17) is 33.5 Å². The number of amides is 1. The predicted molar refractivity (Wildman–Crippen MR) is 198 cm³/mol. The molecule has 2 heterocycles. The van der Waals surface area contributed by atoms with Crippen molar-refractivity contribution in [2.24, 2.45) is 0 Å². The van der Waals surface area contributed by atoms with E-state index in [0.717, 1.165) is 16.9 Å². The van der Waals surface area contributed by atoms with Crippen molar-refractivity contribution in [3.8, 4) is 11.1 Å². The Kier molecular flexibility index (Phi) is 6.19. The molecule has 6 nitrogen and oxygen atoms in total. The number of carbonyl (C=O) groups excluding carboxylic acids is 1. The molecular weight excluding hydrogens is 710 g/mol. The number of fused-ring (bicyclic) bond motifs is 1. The molecule has 0 bridgehead atoms. The zero-order valence-corrected chi connectivity index (χ0v) is 28.5. The first-order valence-corrected chi connectivity index (χ1v) is 16.4. The van der Waals surface area contributed by atoms with Gasteiger partial charge in [0.1, 0.15) is 6.54 Å². The van der Waals surface area contributed by atoms with Gasteiger partial charge in [0.15, 0.2) is 17.1 Å². The minimum absolute atomic E-state index is 0.260. The SMILES string of the molecule is [2H]c1c([2H])c(F)c(F)c(C([2H])([2H])Sc2c([2H])c(=O)c3c([2H])c(C)c([2H])c([2H])c3n2CC(=O)N(Cc2c([2H])c([2H])c(-c3c([2H])c([2H])c(C(F)(F)F)c([2H])c3[2H])c([2H])c2[2H])C2CCN(C([2H])([2H])C([2H])([2H])OC)CC2)c1[2H]. The van der Waals surface area contributed by atoms with Crippen LogP contribution in [0.2, 0.25) is 0 Å². The van der Waals surface area contributed by atoms with E-state index in [1.165, 1.54) is 6.92 Å². The van der Waals surface area contributed by atoms with Crippen LogP contribution in [0.15, 0.2) is 100 Å². The largest absolute Gasteiger partial charge is 0.416 e. The maximum atomic E-state index is 15.5. The summed E-state index contributed by atoms with van der Waals surface area (Å²) in [6.07, 6.45) is -5.96. The van der Waals surface area contributed by atoms with E-state index >= 15 is 9.18 Å². The maximum Gasteiger partial charge on any atom is 0.416 e. The lowest BCUT2D eigenvalue weighted by molar-refractivity contribution is -0.137. The number of aromatic nitrogens is 1. The van der Waals surface area contributed by atoms with Gasteiger partial charge in [0.2, 0.25) is 5.91 Å². The number of thioether (sulfide) groups is 1. The first-order valence-electron chi connectivity index (χ1n) is 26.1. The molecule has 1 aromatic heterocycles. The number of ether oxygens (including phenoxy) is 1. The fourth-order valence-corrected chi connectivity index (χ4v) is 6.05. The zero-order valence-electron chi connectivity index (χ0n) is 48.7. The average Bonchev–Trinajstić information content (AvgIpc) is 3.32. The van der Waals surface area contributed by atoms with E-state index in [1.54, 1.807) is 0 Å². The zero-order chi connectivity index (χ0) is 56.1. The van der Waals surface area contributed by atoms with Gasteiger partial charge in [0, 0.05) is 67.5 Å². The second-order valence-electron chi connectivity index (χ2n) is 11.4. The van der Waals surface area contributed by atoms with Gasteiger partial charge < -0.3 is 19.1 Å². The van der Waals surface area contributed by atoms with Crippen molar-refractivity contribution in [2.75, 3.05) is 33.3 Å². The van der Waals surface area contributed by atoms with Crippen LogP contribution in [0.4, 0.5) is 22.0 Å². The van der Waals surface area contributed by atoms with Gasteiger partial charge in [-0.1, -0.05) is 59.9 Å². The lowest BCUT2D eigenvalue weighted by atomic mass is 10.00. The van der Waals surface area contributed by atoms with Crippen LogP contribution in [-0.2, 0) is 34.5 Å². The van der Waals surface area contributed by atoms with Crippen molar-refractivity contribution < 1.29 is 60.3 Å². The van der Waals surface area contributed by atoms with Crippen LogP contribution in [0.3, 0.4) is 0 Å². The lowest BCUT2D eigenvalue weighted by Gasteiger charge is -2.39. The summed E-state index contributed by atoms with van der Waals surface area (Å²) in [5, 5.41) is -1.72. The average molecular weight is 771 g/mol. The van der Waals surface area contributed by atoms with E-state index in [0.29, 0.717) is 4.57 Å². The maximum absolute atomic E-state index is 15.5. The number of methoxy groups -OCH3 is 1. The van der Waals surface area contributed by atoms with E-state index < -0.39 is 201 Å². The molecular formula is C41H40F5N3O3S. The third-order valence-electron chi connectivity index (χ3n) is 7.89. The van der Waals surface area contributed by atoms with Crippen molar-refractivity contribution in [1.82, 2.24) is 14.4 Å². The number of halogens is 5.